The van der Waals surface area contributed by atoms with Gasteiger partial charge in [0.25, 0.3) is 0 Å². The second-order valence-electron chi connectivity index (χ2n) is 6.62. The van der Waals surface area contributed by atoms with Gasteiger partial charge in [0.1, 0.15) is 0 Å². The lowest BCUT2D eigenvalue weighted by Crippen LogP contribution is -2.33. The van der Waals surface area contributed by atoms with Crippen molar-refractivity contribution < 1.29 is 5.11 Å². The highest BCUT2D eigenvalue weighted by atomic mass is 32.1. The zero-order valence-electron chi connectivity index (χ0n) is 13.7. The number of aromatic nitrogens is 2. The molecule has 0 amide bonds. The van der Waals surface area contributed by atoms with Crippen molar-refractivity contribution in [3.05, 3.63) is 52.1 Å². The van der Waals surface area contributed by atoms with Crippen LogP contribution < -0.4 is 5.32 Å². The number of hydrogen-bond donors (Lipinski definition) is 3. The molecule has 24 heavy (non-hydrogen) atoms. The fourth-order valence-electron chi connectivity index (χ4n) is 3.26. The van der Waals surface area contributed by atoms with Gasteiger partial charge in [-0.25, -0.2) is 4.98 Å². The van der Waals surface area contributed by atoms with Crippen LogP contribution in [0.1, 0.15) is 40.6 Å². The molecule has 1 aromatic carbocycles. The summed E-state index contributed by atoms with van der Waals surface area (Å²) in [7, 11) is 0. The molecule has 0 spiro atoms. The topological polar surface area (TPSA) is 60.9 Å². The van der Waals surface area contributed by atoms with Crippen LogP contribution in [0, 0.1) is 0 Å². The van der Waals surface area contributed by atoms with Crippen LogP contribution in [-0.2, 0) is 13.0 Å². The summed E-state index contributed by atoms with van der Waals surface area (Å²) in [5.74, 6) is 0.698. The summed E-state index contributed by atoms with van der Waals surface area (Å²) in [5.41, 5.74) is 2.40. The van der Waals surface area contributed by atoms with Crippen LogP contribution in [0.3, 0.4) is 0 Å². The number of aliphatic hydroxyl groups is 1. The van der Waals surface area contributed by atoms with Crippen molar-refractivity contribution in [3.8, 4) is 0 Å². The molecule has 3 aromatic rings. The molecule has 4 rings (SSSR count). The molecule has 1 unspecified atom stereocenters. The summed E-state index contributed by atoms with van der Waals surface area (Å²) in [6.45, 7) is 0.908. The van der Waals surface area contributed by atoms with Crippen molar-refractivity contribution in [2.24, 2.45) is 0 Å². The first-order chi connectivity index (χ1) is 11.8. The van der Waals surface area contributed by atoms with Gasteiger partial charge >= 0.3 is 0 Å². The third-order valence-corrected chi connectivity index (χ3v) is 6.11. The van der Waals surface area contributed by atoms with Crippen LogP contribution in [0.2, 0.25) is 0 Å². The Kier molecular flexibility index (Phi) is 4.65. The van der Waals surface area contributed by atoms with Crippen molar-refractivity contribution in [2.45, 2.75) is 44.2 Å². The van der Waals surface area contributed by atoms with Gasteiger partial charge in [-0.1, -0.05) is 24.6 Å². The Morgan fingerprint density at radius 2 is 2.21 bits per heavy atom. The van der Waals surface area contributed by atoms with E-state index in [-0.39, 0.29) is 12.6 Å². The van der Waals surface area contributed by atoms with Gasteiger partial charge in [0.15, 0.2) is 0 Å². The number of thiazole rings is 1. The minimum absolute atomic E-state index is 0.0541. The van der Waals surface area contributed by atoms with Crippen LogP contribution in [0.15, 0.2) is 36.7 Å². The first kappa shape index (κ1) is 15.8. The van der Waals surface area contributed by atoms with Crippen LogP contribution in [-0.4, -0.2) is 27.7 Å². The van der Waals surface area contributed by atoms with Gasteiger partial charge in [0.05, 0.1) is 11.6 Å². The Morgan fingerprint density at radius 3 is 3.00 bits per heavy atom. The monoisotopic (exact) mass is 341 g/mol. The lowest BCUT2D eigenvalue weighted by Gasteiger charge is -2.22. The largest absolute Gasteiger partial charge is 0.395 e. The van der Waals surface area contributed by atoms with Gasteiger partial charge < -0.3 is 15.4 Å². The van der Waals surface area contributed by atoms with Gasteiger partial charge in [0.2, 0.25) is 0 Å². The van der Waals surface area contributed by atoms with Crippen LogP contribution in [0.25, 0.3) is 10.9 Å². The summed E-state index contributed by atoms with van der Waals surface area (Å²) < 4.78 is 0. The number of H-pyrrole nitrogens is 1. The highest BCUT2D eigenvalue weighted by Crippen LogP contribution is 2.38. The van der Waals surface area contributed by atoms with E-state index in [2.05, 4.69) is 39.7 Å². The van der Waals surface area contributed by atoms with E-state index in [1.165, 1.54) is 40.1 Å². The predicted molar refractivity (Wildman–Crippen MR) is 98.4 cm³/mol. The van der Waals surface area contributed by atoms with Gasteiger partial charge in [-0.05, 0) is 30.9 Å². The summed E-state index contributed by atoms with van der Waals surface area (Å²) in [5, 5.41) is 15.7. The predicted octanol–water partition coefficient (Wildman–Crippen LogP) is 3.59. The van der Waals surface area contributed by atoms with E-state index >= 15 is 0 Å². The molecule has 1 atom stereocenters. The van der Waals surface area contributed by atoms with E-state index in [9.17, 15) is 5.11 Å². The van der Waals surface area contributed by atoms with Crippen LogP contribution >= 0.6 is 11.3 Å². The molecule has 0 aliphatic heterocycles. The average Bonchev–Trinajstić information content (AvgIpc) is 3.17. The molecule has 1 fully saturated rings. The summed E-state index contributed by atoms with van der Waals surface area (Å²) in [6.07, 6.45) is 8.78. The maximum absolute atomic E-state index is 9.73. The van der Waals surface area contributed by atoms with Crippen molar-refractivity contribution in [3.63, 3.8) is 0 Å². The number of para-hydroxylation sites is 1. The molecule has 0 radical (unpaired) electrons. The molecule has 1 saturated carbocycles. The summed E-state index contributed by atoms with van der Waals surface area (Å²) >= 11 is 1.82. The molecule has 1 aliphatic rings. The Morgan fingerprint density at radius 1 is 1.33 bits per heavy atom. The molecule has 4 nitrogen and oxygen atoms in total. The highest BCUT2D eigenvalue weighted by molar-refractivity contribution is 7.11. The van der Waals surface area contributed by atoms with E-state index in [0.29, 0.717) is 5.92 Å². The van der Waals surface area contributed by atoms with Gasteiger partial charge in [-0.2, -0.15) is 0 Å². The van der Waals surface area contributed by atoms with Crippen molar-refractivity contribution in [1.29, 1.82) is 0 Å². The summed E-state index contributed by atoms with van der Waals surface area (Å²) in [4.78, 5) is 9.13. The molecule has 126 valence electrons. The van der Waals surface area contributed by atoms with Crippen molar-refractivity contribution >= 4 is 22.2 Å². The van der Waals surface area contributed by atoms with Crippen LogP contribution in [0.4, 0.5) is 0 Å². The first-order valence-corrected chi connectivity index (χ1v) is 9.49. The average molecular weight is 341 g/mol. The number of fused-ring (bicyclic) bond motifs is 1. The lowest BCUT2D eigenvalue weighted by atomic mass is 9.86. The smallest absolute Gasteiger partial charge is 0.0959 e. The zero-order chi connectivity index (χ0) is 16.4. The standard InChI is InChI=1S/C19H23N3OS/c23-12-15(8-14-9-21-18-7-2-1-6-17(14)18)20-10-16-11-22-19(24-16)13-4-3-5-13/h1-2,6-7,9,11,13,15,20-21,23H,3-5,8,10,12H2. The molecule has 0 saturated heterocycles. The van der Waals surface area contributed by atoms with E-state index in [0.717, 1.165) is 18.5 Å². The number of rotatable bonds is 7. The molecule has 0 bridgehead atoms. The lowest BCUT2D eigenvalue weighted by molar-refractivity contribution is 0.241. The molecular weight excluding hydrogens is 318 g/mol. The van der Waals surface area contributed by atoms with E-state index in [4.69, 9.17) is 0 Å². The van der Waals surface area contributed by atoms with Crippen molar-refractivity contribution in [2.75, 3.05) is 6.61 Å². The highest BCUT2D eigenvalue weighted by Gasteiger charge is 2.22. The van der Waals surface area contributed by atoms with Gasteiger partial charge in [-0.3, -0.25) is 0 Å². The molecule has 1 aliphatic carbocycles. The van der Waals surface area contributed by atoms with Gasteiger partial charge in [0, 0.05) is 46.7 Å². The second-order valence-corrected chi connectivity index (χ2v) is 7.76. The second kappa shape index (κ2) is 7.05. The first-order valence-electron chi connectivity index (χ1n) is 8.67. The molecule has 3 N–H and O–H groups in total. The van der Waals surface area contributed by atoms with E-state index < -0.39 is 0 Å². The Bertz CT molecular complexity index is 806. The van der Waals surface area contributed by atoms with E-state index in [1.54, 1.807) is 0 Å². The minimum atomic E-state index is 0.0541. The van der Waals surface area contributed by atoms with E-state index in [1.807, 2.05) is 23.6 Å². The number of nitrogens with one attached hydrogen (secondary N) is 2. The minimum Gasteiger partial charge on any atom is -0.395 e. The fraction of sp³-hybridized carbons (Fsp3) is 0.421. The quantitative estimate of drug-likeness (QED) is 0.615. The number of aromatic amines is 1. The molecule has 2 heterocycles. The Hall–Kier alpha value is -1.69. The Labute approximate surface area is 145 Å². The SMILES string of the molecule is OCC(Cc1c[nH]c2ccccc12)NCc1cnc(C2CCC2)s1. The maximum Gasteiger partial charge on any atom is 0.0959 e. The summed E-state index contributed by atoms with van der Waals surface area (Å²) in [6, 6.07) is 8.36. The third kappa shape index (κ3) is 3.24. The molecular formula is C19H23N3OS. The normalized spacial score (nSPS) is 16.4. The molecule has 2 aromatic heterocycles. The van der Waals surface area contributed by atoms with Gasteiger partial charge in [-0.15, -0.1) is 11.3 Å². The number of benzene rings is 1. The maximum atomic E-state index is 9.73. The Balaban J connectivity index is 1.38. The number of nitrogens with zero attached hydrogens (tertiary/aromatic N) is 1. The number of aliphatic hydroxyl groups excluding tert-OH is 1. The number of hydrogen-bond acceptors (Lipinski definition) is 4. The third-order valence-electron chi connectivity index (χ3n) is 4.95. The fourth-order valence-corrected chi connectivity index (χ4v) is 4.30. The zero-order valence-corrected chi connectivity index (χ0v) is 14.5. The van der Waals surface area contributed by atoms with Crippen LogP contribution in [0.5, 0.6) is 0 Å². The van der Waals surface area contributed by atoms with Crippen molar-refractivity contribution in [1.82, 2.24) is 15.3 Å². The molecule has 5 heteroatoms.